The number of aliphatic carboxylic acids is 1. The van der Waals surface area contributed by atoms with Crippen LogP contribution in [0.5, 0.6) is 0 Å². The Morgan fingerprint density at radius 1 is 1.03 bits per heavy atom. The molecule has 0 spiro atoms. The third-order valence-corrected chi connectivity index (χ3v) is 7.13. The lowest BCUT2D eigenvalue weighted by molar-refractivity contribution is -0.144. The zero-order chi connectivity index (χ0) is 27.1. The number of para-hydroxylation sites is 1. The highest BCUT2D eigenvalue weighted by atomic mass is 16.4. The Morgan fingerprint density at radius 3 is 2.35 bits per heavy atom. The number of fused-ring (bicyclic) bond motifs is 1. The molecule has 202 valence electrons. The number of aromatic amines is 1. The number of rotatable bonds is 12. The molecule has 0 saturated carbocycles. The third-order valence-electron chi connectivity index (χ3n) is 7.13. The van der Waals surface area contributed by atoms with Gasteiger partial charge in [0.25, 0.3) is 0 Å². The van der Waals surface area contributed by atoms with Gasteiger partial charge in [-0.05, 0) is 42.9 Å². The molecule has 6 N–H and O–H groups in total. The number of nitrogens with one attached hydrogen (secondary N) is 5. The topological polar surface area (TPSA) is 152 Å². The molecule has 0 bridgehead atoms. The van der Waals surface area contributed by atoms with Crippen molar-refractivity contribution < 1.29 is 24.3 Å². The summed E-state index contributed by atoms with van der Waals surface area (Å²) in [4.78, 5) is 54.5. The summed E-state index contributed by atoms with van der Waals surface area (Å²) in [7, 11) is 0. The van der Waals surface area contributed by atoms with E-state index in [2.05, 4.69) is 26.3 Å². The third kappa shape index (κ3) is 7.09. The van der Waals surface area contributed by atoms with E-state index in [9.17, 15) is 24.3 Å². The van der Waals surface area contributed by atoms with Crippen LogP contribution in [0.15, 0.2) is 30.5 Å². The molecule has 3 amide bonds. The highest BCUT2D eigenvalue weighted by Gasteiger charge is 2.34. The molecular formula is C27H39N5O5. The molecule has 1 saturated heterocycles. The van der Waals surface area contributed by atoms with E-state index in [1.807, 2.05) is 37.4 Å². The monoisotopic (exact) mass is 513 g/mol. The van der Waals surface area contributed by atoms with E-state index < -0.39 is 35.9 Å². The van der Waals surface area contributed by atoms with Gasteiger partial charge in [0.2, 0.25) is 17.7 Å². The van der Waals surface area contributed by atoms with Crippen LogP contribution in [0.3, 0.4) is 0 Å². The van der Waals surface area contributed by atoms with Gasteiger partial charge in [0.05, 0.1) is 6.04 Å². The number of amides is 3. The normalized spacial score (nSPS) is 18.7. The molecule has 1 aromatic carbocycles. The summed E-state index contributed by atoms with van der Waals surface area (Å²) >= 11 is 0. The fraction of sp³-hybridized carbons (Fsp3) is 0.556. The Labute approximate surface area is 217 Å². The number of H-pyrrole nitrogens is 1. The van der Waals surface area contributed by atoms with Gasteiger partial charge in [-0.2, -0.15) is 0 Å². The standard InChI is InChI=1S/C27H39N5O5/c1-5-16(4)23(27(36)37)32-26(35)22(15(2)3)31-25(34)21(30-24(33)20-11-8-12-28-20)13-17-14-29-19-10-7-6-9-18(17)19/h6-7,9-10,14-16,20-23,28-29H,5,8,11-13H2,1-4H3,(H,30,33)(H,31,34)(H,32,35)(H,36,37). The van der Waals surface area contributed by atoms with Crippen molar-refractivity contribution in [3.05, 3.63) is 36.0 Å². The van der Waals surface area contributed by atoms with Gasteiger partial charge in [-0.25, -0.2) is 4.79 Å². The van der Waals surface area contributed by atoms with Crippen LogP contribution < -0.4 is 21.3 Å². The van der Waals surface area contributed by atoms with E-state index in [-0.39, 0.29) is 30.2 Å². The van der Waals surface area contributed by atoms with Crippen LogP contribution in [0.2, 0.25) is 0 Å². The maximum Gasteiger partial charge on any atom is 0.326 e. The summed E-state index contributed by atoms with van der Waals surface area (Å²) in [6, 6.07) is 4.38. The largest absolute Gasteiger partial charge is 0.480 e. The Balaban J connectivity index is 1.80. The van der Waals surface area contributed by atoms with Crippen molar-refractivity contribution in [1.29, 1.82) is 0 Å². The van der Waals surface area contributed by atoms with Crippen LogP contribution in [0, 0.1) is 11.8 Å². The van der Waals surface area contributed by atoms with Gasteiger partial charge in [0.15, 0.2) is 0 Å². The summed E-state index contributed by atoms with van der Waals surface area (Å²) in [5, 5.41) is 21.9. The van der Waals surface area contributed by atoms with Crippen LogP contribution in [0.1, 0.15) is 52.5 Å². The fourth-order valence-corrected chi connectivity index (χ4v) is 4.63. The van der Waals surface area contributed by atoms with Gasteiger partial charge in [-0.3, -0.25) is 14.4 Å². The molecule has 1 aliphatic rings. The van der Waals surface area contributed by atoms with E-state index in [4.69, 9.17) is 0 Å². The average Bonchev–Trinajstić information content (AvgIpc) is 3.55. The average molecular weight is 514 g/mol. The number of hydrogen-bond acceptors (Lipinski definition) is 5. The van der Waals surface area contributed by atoms with Crippen LogP contribution in [-0.2, 0) is 25.6 Å². The molecular weight excluding hydrogens is 474 g/mol. The zero-order valence-electron chi connectivity index (χ0n) is 22.0. The maximum absolute atomic E-state index is 13.5. The second-order valence-electron chi connectivity index (χ2n) is 10.2. The Bertz CT molecular complexity index is 1110. The molecule has 37 heavy (non-hydrogen) atoms. The van der Waals surface area contributed by atoms with Gasteiger partial charge in [0, 0.05) is 23.5 Å². The molecule has 5 unspecified atom stereocenters. The van der Waals surface area contributed by atoms with Crippen molar-refractivity contribution in [2.75, 3.05) is 6.54 Å². The van der Waals surface area contributed by atoms with Gasteiger partial charge in [-0.15, -0.1) is 0 Å². The van der Waals surface area contributed by atoms with Crippen LogP contribution in [-0.4, -0.2) is 64.5 Å². The van der Waals surface area contributed by atoms with Crippen molar-refractivity contribution >= 4 is 34.6 Å². The number of hydrogen-bond donors (Lipinski definition) is 6. The molecule has 10 heteroatoms. The van der Waals surface area contributed by atoms with E-state index in [0.29, 0.717) is 12.8 Å². The van der Waals surface area contributed by atoms with Crippen molar-refractivity contribution in [2.45, 2.75) is 77.5 Å². The first-order valence-corrected chi connectivity index (χ1v) is 13.0. The minimum Gasteiger partial charge on any atom is -0.480 e. The first-order valence-electron chi connectivity index (χ1n) is 13.0. The molecule has 2 heterocycles. The predicted molar refractivity (Wildman–Crippen MR) is 141 cm³/mol. The molecule has 1 aromatic heterocycles. The van der Waals surface area contributed by atoms with Crippen molar-refractivity contribution in [3.8, 4) is 0 Å². The Morgan fingerprint density at radius 2 is 1.73 bits per heavy atom. The quantitative estimate of drug-likeness (QED) is 0.254. The lowest BCUT2D eigenvalue weighted by atomic mass is 9.97. The van der Waals surface area contributed by atoms with Crippen LogP contribution >= 0.6 is 0 Å². The van der Waals surface area contributed by atoms with Crippen LogP contribution in [0.4, 0.5) is 0 Å². The molecule has 5 atom stereocenters. The second kappa shape index (κ2) is 12.7. The molecule has 1 fully saturated rings. The van der Waals surface area contributed by atoms with E-state index >= 15 is 0 Å². The van der Waals surface area contributed by atoms with E-state index in [0.717, 1.165) is 29.4 Å². The second-order valence-corrected chi connectivity index (χ2v) is 10.2. The van der Waals surface area contributed by atoms with Crippen molar-refractivity contribution in [3.63, 3.8) is 0 Å². The molecule has 10 nitrogen and oxygen atoms in total. The summed E-state index contributed by atoms with van der Waals surface area (Å²) < 4.78 is 0. The highest BCUT2D eigenvalue weighted by Crippen LogP contribution is 2.20. The number of carbonyl (C=O) groups is 4. The lowest BCUT2D eigenvalue weighted by Crippen LogP contribution is -2.59. The number of carbonyl (C=O) groups excluding carboxylic acids is 3. The molecule has 1 aliphatic heterocycles. The molecule has 3 rings (SSSR count). The van der Waals surface area contributed by atoms with Gasteiger partial charge >= 0.3 is 5.97 Å². The Kier molecular flexibility index (Phi) is 9.68. The first kappa shape index (κ1) is 28.2. The summed E-state index contributed by atoms with van der Waals surface area (Å²) in [5.74, 6) is -3.03. The fourth-order valence-electron chi connectivity index (χ4n) is 4.63. The number of carboxylic acid groups (broad SMARTS) is 1. The summed E-state index contributed by atoms with van der Waals surface area (Å²) in [6.45, 7) is 7.91. The van der Waals surface area contributed by atoms with Crippen LogP contribution in [0.25, 0.3) is 10.9 Å². The van der Waals surface area contributed by atoms with Crippen molar-refractivity contribution in [2.24, 2.45) is 11.8 Å². The Hall–Kier alpha value is -3.40. The lowest BCUT2D eigenvalue weighted by Gasteiger charge is -2.28. The summed E-state index contributed by atoms with van der Waals surface area (Å²) in [6.07, 6.45) is 4.20. The maximum atomic E-state index is 13.5. The van der Waals surface area contributed by atoms with Gasteiger partial charge in [0.1, 0.15) is 18.1 Å². The number of benzene rings is 1. The van der Waals surface area contributed by atoms with Crippen molar-refractivity contribution in [1.82, 2.24) is 26.3 Å². The number of carboxylic acids is 1. The molecule has 2 aromatic rings. The van der Waals surface area contributed by atoms with E-state index in [1.54, 1.807) is 20.8 Å². The zero-order valence-corrected chi connectivity index (χ0v) is 22.0. The SMILES string of the molecule is CCC(C)C(NC(=O)C(NC(=O)C(Cc1c[nH]c2ccccc12)NC(=O)C1CCCN1)C(C)C)C(=O)O. The minimum atomic E-state index is -1.12. The van der Waals surface area contributed by atoms with Gasteiger partial charge in [-0.1, -0.05) is 52.3 Å². The smallest absolute Gasteiger partial charge is 0.326 e. The van der Waals surface area contributed by atoms with E-state index in [1.165, 1.54) is 0 Å². The first-order chi connectivity index (χ1) is 17.6. The molecule has 0 radical (unpaired) electrons. The molecule has 0 aliphatic carbocycles. The minimum absolute atomic E-state index is 0.228. The highest BCUT2D eigenvalue weighted by molar-refractivity contribution is 5.95. The summed E-state index contributed by atoms with van der Waals surface area (Å²) in [5.41, 5.74) is 1.79. The predicted octanol–water partition coefficient (Wildman–Crippen LogP) is 1.70. The number of aromatic nitrogens is 1. The van der Waals surface area contributed by atoms with Gasteiger partial charge < -0.3 is 31.4 Å².